The van der Waals surface area contributed by atoms with Gasteiger partial charge in [-0.25, -0.2) is 0 Å². The fourth-order valence-corrected chi connectivity index (χ4v) is 2.87. The van der Waals surface area contributed by atoms with Crippen LogP contribution in [0, 0.1) is 6.92 Å². The monoisotopic (exact) mass is 289 g/mol. The molecule has 1 aromatic heterocycles. The molecule has 1 unspecified atom stereocenters. The lowest BCUT2D eigenvalue weighted by Gasteiger charge is -2.26. The Labute approximate surface area is 123 Å². The van der Waals surface area contributed by atoms with Gasteiger partial charge in [0.25, 0.3) is 0 Å². The zero-order valence-corrected chi connectivity index (χ0v) is 12.3. The molecule has 1 amide bonds. The molecule has 1 aliphatic rings. The fourth-order valence-electron chi connectivity index (χ4n) is 2.62. The molecule has 3 nitrogen and oxygen atoms in total. The van der Waals surface area contributed by atoms with E-state index < -0.39 is 0 Å². The minimum Gasteiger partial charge on any atom is -0.469 e. The Balaban J connectivity index is 1.95. The third-order valence-corrected chi connectivity index (χ3v) is 4.29. The molecule has 3 rings (SSSR count). The zero-order chi connectivity index (χ0) is 14.3. The Kier molecular flexibility index (Phi) is 3.30. The van der Waals surface area contributed by atoms with Crippen LogP contribution in [0.25, 0.3) is 0 Å². The minimum absolute atomic E-state index is 0.165. The summed E-state index contributed by atoms with van der Waals surface area (Å²) in [5.41, 5.74) is 4.16. The minimum atomic E-state index is -0.222. The smallest absolute Gasteiger partial charge is 0.227 e. The number of nitrogens with zero attached hydrogens (tertiary/aromatic N) is 1. The highest BCUT2D eigenvalue weighted by Crippen LogP contribution is 2.34. The number of halogens is 1. The van der Waals surface area contributed by atoms with Crippen molar-refractivity contribution in [1.82, 2.24) is 0 Å². The van der Waals surface area contributed by atoms with E-state index in [1.807, 2.05) is 32.2 Å². The van der Waals surface area contributed by atoms with Crippen LogP contribution in [0.5, 0.6) is 0 Å². The summed E-state index contributed by atoms with van der Waals surface area (Å²) >= 11 is 6.51. The molecule has 0 saturated heterocycles. The maximum atomic E-state index is 11.7. The van der Waals surface area contributed by atoms with Crippen LogP contribution < -0.4 is 4.90 Å². The van der Waals surface area contributed by atoms with E-state index in [4.69, 9.17) is 16.0 Å². The van der Waals surface area contributed by atoms with Gasteiger partial charge in [-0.1, -0.05) is 12.1 Å². The van der Waals surface area contributed by atoms with Gasteiger partial charge in [0.1, 0.15) is 5.76 Å². The fraction of sp³-hybridized carbons (Fsp3) is 0.312. The second-order valence-electron chi connectivity index (χ2n) is 5.19. The van der Waals surface area contributed by atoms with Crippen molar-refractivity contribution in [1.29, 1.82) is 0 Å². The molecule has 0 fully saturated rings. The average Bonchev–Trinajstić information content (AvgIpc) is 2.88. The number of carbonyl (C=O) groups is 1. The van der Waals surface area contributed by atoms with E-state index >= 15 is 0 Å². The number of aryl methyl sites for hydroxylation is 2. The Bertz CT molecular complexity index is 662. The molecular formula is C16H16ClNO2. The lowest BCUT2D eigenvalue weighted by atomic mass is 9.96. The molecule has 2 aromatic rings. The Morgan fingerprint density at radius 2 is 2.05 bits per heavy atom. The molecule has 0 spiro atoms. The second kappa shape index (κ2) is 4.98. The summed E-state index contributed by atoms with van der Waals surface area (Å²) in [5.74, 6) is 1.02. The quantitative estimate of drug-likeness (QED) is 0.787. The van der Waals surface area contributed by atoms with Gasteiger partial charge in [-0.05, 0) is 36.6 Å². The highest BCUT2D eigenvalue weighted by atomic mass is 35.5. The van der Waals surface area contributed by atoms with Gasteiger partial charge in [0.05, 0.1) is 11.6 Å². The van der Waals surface area contributed by atoms with Crippen molar-refractivity contribution in [2.45, 2.75) is 25.1 Å². The molecule has 4 heteroatoms. The second-order valence-corrected chi connectivity index (χ2v) is 5.63. The van der Waals surface area contributed by atoms with E-state index in [0.29, 0.717) is 6.42 Å². The molecule has 20 heavy (non-hydrogen) atoms. The number of hydrogen-bond donors (Lipinski definition) is 0. The largest absolute Gasteiger partial charge is 0.469 e. The number of rotatable bonds is 2. The Morgan fingerprint density at radius 3 is 2.75 bits per heavy atom. The summed E-state index contributed by atoms with van der Waals surface area (Å²) in [6.07, 6.45) is 3.03. The maximum Gasteiger partial charge on any atom is 0.227 e. The molecule has 0 bridgehead atoms. The van der Waals surface area contributed by atoms with Crippen molar-refractivity contribution in [3.8, 4) is 0 Å². The number of hydrogen-bond acceptors (Lipinski definition) is 2. The van der Waals surface area contributed by atoms with Gasteiger partial charge >= 0.3 is 0 Å². The maximum absolute atomic E-state index is 11.7. The first-order valence-corrected chi connectivity index (χ1v) is 7.08. The van der Waals surface area contributed by atoms with E-state index in [0.717, 1.165) is 29.0 Å². The Morgan fingerprint density at radius 1 is 1.25 bits per heavy atom. The first kappa shape index (κ1) is 13.3. The van der Waals surface area contributed by atoms with Crippen LogP contribution in [0.15, 0.2) is 34.9 Å². The van der Waals surface area contributed by atoms with Crippen LogP contribution in [0.4, 0.5) is 5.69 Å². The number of carbonyl (C=O) groups excluding carboxylic acids is 1. The van der Waals surface area contributed by atoms with Crippen LogP contribution in [0.3, 0.4) is 0 Å². The molecule has 1 aromatic carbocycles. The molecule has 0 N–H and O–H groups in total. The van der Waals surface area contributed by atoms with Gasteiger partial charge < -0.3 is 9.32 Å². The molecule has 1 atom stereocenters. The predicted octanol–water partition coefficient (Wildman–Crippen LogP) is 3.83. The lowest BCUT2D eigenvalue weighted by molar-refractivity contribution is -0.118. The summed E-state index contributed by atoms with van der Waals surface area (Å²) in [6.45, 7) is 1.90. The van der Waals surface area contributed by atoms with E-state index in [2.05, 4.69) is 6.07 Å². The van der Waals surface area contributed by atoms with Crippen molar-refractivity contribution >= 4 is 23.2 Å². The number of amides is 1. The third-order valence-electron chi connectivity index (χ3n) is 3.78. The van der Waals surface area contributed by atoms with Gasteiger partial charge in [-0.3, -0.25) is 4.79 Å². The molecular weight excluding hydrogens is 274 g/mol. The standard InChI is InChI=1S/C16H16ClNO2/c1-10-7-13(9-20-10)16(17)12-3-5-14-11(8-12)4-6-15(19)18(14)2/h3,5,7-9,16H,4,6H2,1-2H3. The molecule has 1 aliphatic heterocycles. The van der Waals surface area contributed by atoms with Gasteiger partial charge in [-0.15, -0.1) is 11.6 Å². The molecule has 2 heterocycles. The van der Waals surface area contributed by atoms with Crippen LogP contribution in [-0.4, -0.2) is 13.0 Å². The van der Waals surface area contributed by atoms with Crippen LogP contribution >= 0.6 is 11.6 Å². The number of benzene rings is 1. The highest BCUT2D eigenvalue weighted by Gasteiger charge is 2.22. The van der Waals surface area contributed by atoms with E-state index in [1.165, 1.54) is 5.56 Å². The number of fused-ring (bicyclic) bond motifs is 1. The first-order chi connectivity index (χ1) is 9.56. The highest BCUT2D eigenvalue weighted by molar-refractivity contribution is 6.22. The van der Waals surface area contributed by atoms with E-state index in [9.17, 15) is 4.79 Å². The Hall–Kier alpha value is -1.74. The zero-order valence-electron chi connectivity index (χ0n) is 11.5. The van der Waals surface area contributed by atoms with Crippen molar-refractivity contribution < 1.29 is 9.21 Å². The van der Waals surface area contributed by atoms with Crippen molar-refractivity contribution in [3.05, 3.63) is 53.0 Å². The molecule has 104 valence electrons. The van der Waals surface area contributed by atoms with E-state index in [-0.39, 0.29) is 11.3 Å². The van der Waals surface area contributed by atoms with Gasteiger partial charge in [0, 0.05) is 24.7 Å². The third kappa shape index (κ3) is 2.22. The van der Waals surface area contributed by atoms with Gasteiger partial charge in [-0.2, -0.15) is 0 Å². The van der Waals surface area contributed by atoms with E-state index in [1.54, 1.807) is 11.2 Å². The number of furan rings is 1. The first-order valence-electron chi connectivity index (χ1n) is 6.65. The van der Waals surface area contributed by atoms with Crippen LogP contribution in [0.1, 0.15) is 34.2 Å². The van der Waals surface area contributed by atoms with Crippen molar-refractivity contribution in [2.24, 2.45) is 0 Å². The number of alkyl halides is 1. The topological polar surface area (TPSA) is 33.5 Å². The average molecular weight is 290 g/mol. The molecule has 0 aliphatic carbocycles. The van der Waals surface area contributed by atoms with Crippen molar-refractivity contribution in [3.63, 3.8) is 0 Å². The number of anilines is 1. The summed E-state index contributed by atoms with van der Waals surface area (Å²) in [5, 5.41) is -0.222. The SMILES string of the molecule is Cc1cc(C(Cl)c2ccc3c(c2)CCC(=O)N3C)co1. The van der Waals surface area contributed by atoms with Crippen LogP contribution in [-0.2, 0) is 11.2 Å². The predicted molar refractivity (Wildman–Crippen MR) is 79.3 cm³/mol. The summed E-state index contributed by atoms with van der Waals surface area (Å²) in [6, 6.07) is 8.00. The molecule has 0 saturated carbocycles. The van der Waals surface area contributed by atoms with Crippen molar-refractivity contribution in [2.75, 3.05) is 11.9 Å². The van der Waals surface area contributed by atoms with Gasteiger partial charge in [0.15, 0.2) is 0 Å². The molecule has 0 radical (unpaired) electrons. The lowest BCUT2D eigenvalue weighted by Crippen LogP contribution is -2.31. The van der Waals surface area contributed by atoms with Gasteiger partial charge in [0.2, 0.25) is 5.91 Å². The van der Waals surface area contributed by atoms with Crippen LogP contribution in [0.2, 0.25) is 0 Å². The summed E-state index contributed by atoms with van der Waals surface area (Å²) in [7, 11) is 1.82. The summed E-state index contributed by atoms with van der Waals surface area (Å²) < 4.78 is 5.31. The summed E-state index contributed by atoms with van der Waals surface area (Å²) in [4.78, 5) is 13.4. The normalized spacial score (nSPS) is 16.1.